The standard InChI is InChI=1S/C28H28F5NO8/c1-2-3-5-10-16-13-17(25(35)40-16)26(36)41-18(11-12-34-28(38)39-14-15-8-6-4-7-9-15)27(37)42-24-22(32)20(30)19(29)21(31)23(24)33/h4,6-9,16-18H,2-3,5,10-14H2,1H3,(H,34,38)/t16?,17?,18-/m0/s1. The number of unbranched alkanes of at least 4 members (excludes halogenated alkanes) is 2. The fourth-order valence-electron chi connectivity index (χ4n) is 4.01. The third-order valence-electron chi connectivity index (χ3n) is 6.26. The zero-order valence-corrected chi connectivity index (χ0v) is 22.4. The Kier molecular flexibility index (Phi) is 11.6. The normalized spacial score (nSPS) is 16.9. The molecular weight excluding hydrogens is 573 g/mol. The molecule has 1 saturated heterocycles. The number of cyclic esters (lactones) is 1. The monoisotopic (exact) mass is 601 g/mol. The number of rotatable bonds is 13. The van der Waals surface area contributed by atoms with Crippen LogP contribution in [0.3, 0.4) is 0 Å². The second-order valence-electron chi connectivity index (χ2n) is 9.37. The summed E-state index contributed by atoms with van der Waals surface area (Å²) in [5.41, 5.74) is 0.669. The van der Waals surface area contributed by atoms with Crippen molar-refractivity contribution < 1.29 is 60.1 Å². The van der Waals surface area contributed by atoms with Gasteiger partial charge in [0.15, 0.2) is 5.92 Å². The quantitative estimate of drug-likeness (QED) is 0.0497. The number of ether oxygens (including phenoxy) is 4. The van der Waals surface area contributed by atoms with Crippen LogP contribution in [0.2, 0.25) is 0 Å². The predicted molar refractivity (Wildman–Crippen MR) is 133 cm³/mol. The van der Waals surface area contributed by atoms with E-state index in [0.29, 0.717) is 12.0 Å². The summed E-state index contributed by atoms with van der Waals surface area (Å²) in [6.45, 7) is 1.45. The summed E-state index contributed by atoms with van der Waals surface area (Å²) < 4.78 is 88.5. The number of alkyl carbamates (subject to hydrolysis) is 1. The second-order valence-corrected chi connectivity index (χ2v) is 9.37. The Morgan fingerprint density at radius 3 is 2.26 bits per heavy atom. The van der Waals surface area contributed by atoms with Crippen LogP contribution in [-0.4, -0.2) is 42.8 Å². The molecule has 0 aliphatic carbocycles. The molecule has 2 aromatic carbocycles. The fraction of sp³-hybridized carbons (Fsp3) is 0.429. The Bertz CT molecular complexity index is 1260. The first kappa shape index (κ1) is 32.3. The number of hydrogen-bond donors (Lipinski definition) is 1. The van der Waals surface area contributed by atoms with E-state index in [1.165, 1.54) is 0 Å². The van der Waals surface area contributed by atoms with Gasteiger partial charge < -0.3 is 24.3 Å². The van der Waals surface area contributed by atoms with E-state index in [1.54, 1.807) is 30.3 Å². The van der Waals surface area contributed by atoms with E-state index in [-0.39, 0.29) is 13.0 Å². The number of benzene rings is 2. The van der Waals surface area contributed by atoms with E-state index in [4.69, 9.17) is 14.2 Å². The van der Waals surface area contributed by atoms with Crippen molar-refractivity contribution in [1.29, 1.82) is 0 Å². The minimum atomic E-state index is -2.47. The molecule has 14 heteroatoms. The number of halogens is 5. The van der Waals surface area contributed by atoms with Gasteiger partial charge in [-0.1, -0.05) is 50.1 Å². The predicted octanol–water partition coefficient (Wildman–Crippen LogP) is 5.03. The zero-order chi connectivity index (χ0) is 30.8. The largest absolute Gasteiger partial charge is 0.462 e. The minimum absolute atomic E-state index is 0.0507. The molecule has 0 spiro atoms. The highest BCUT2D eigenvalue weighted by Gasteiger charge is 2.42. The Labute approximate surface area is 237 Å². The summed E-state index contributed by atoms with van der Waals surface area (Å²) in [5, 5.41) is 2.27. The van der Waals surface area contributed by atoms with Crippen molar-refractivity contribution >= 4 is 24.0 Å². The Balaban J connectivity index is 1.69. The molecule has 0 aromatic heterocycles. The lowest BCUT2D eigenvalue weighted by Gasteiger charge is -2.19. The molecule has 1 aliphatic rings. The molecule has 1 N–H and O–H groups in total. The van der Waals surface area contributed by atoms with Gasteiger partial charge in [0.2, 0.25) is 40.9 Å². The van der Waals surface area contributed by atoms with Gasteiger partial charge in [-0.2, -0.15) is 8.78 Å². The highest BCUT2D eigenvalue weighted by atomic mass is 19.2. The number of carbonyl (C=O) groups is 4. The lowest BCUT2D eigenvalue weighted by molar-refractivity contribution is -0.168. The van der Waals surface area contributed by atoms with Crippen LogP contribution in [0, 0.1) is 35.0 Å². The molecule has 9 nitrogen and oxygen atoms in total. The molecule has 2 unspecified atom stereocenters. The van der Waals surface area contributed by atoms with Gasteiger partial charge in [0, 0.05) is 19.4 Å². The Hall–Kier alpha value is -4.23. The van der Waals surface area contributed by atoms with E-state index in [1.807, 2.05) is 6.92 Å². The van der Waals surface area contributed by atoms with Gasteiger partial charge >= 0.3 is 24.0 Å². The maximum atomic E-state index is 14.1. The van der Waals surface area contributed by atoms with E-state index >= 15 is 0 Å². The average Bonchev–Trinajstić information content (AvgIpc) is 3.36. The molecule has 228 valence electrons. The molecule has 42 heavy (non-hydrogen) atoms. The van der Waals surface area contributed by atoms with Gasteiger partial charge in [-0.05, 0) is 18.4 Å². The molecule has 0 bridgehead atoms. The molecule has 0 saturated carbocycles. The summed E-state index contributed by atoms with van der Waals surface area (Å²) in [7, 11) is 0. The number of nitrogens with one attached hydrogen (secondary N) is 1. The van der Waals surface area contributed by atoms with Crippen LogP contribution >= 0.6 is 0 Å². The molecule has 2 aromatic rings. The van der Waals surface area contributed by atoms with Crippen molar-refractivity contribution in [3.8, 4) is 5.75 Å². The SMILES string of the molecule is CCCCCC1CC(C(=O)O[C@@H](CCNC(=O)OCc2ccccc2)C(=O)Oc2c(F)c(F)c(F)c(F)c2F)C(=O)O1. The topological polar surface area (TPSA) is 117 Å². The van der Waals surface area contributed by atoms with E-state index in [0.717, 1.165) is 19.3 Å². The zero-order valence-electron chi connectivity index (χ0n) is 22.4. The highest BCUT2D eigenvalue weighted by Crippen LogP contribution is 2.30. The van der Waals surface area contributed by atoms with Crippen LogP contribution in [0.25, 0.3) is 0 Å². The van der Waals surface area contributed by atoms with Crippen molar-refractivity contribution in [2.45, 2.75) is 64.3 Å². The van der Waals surface area contributed by atoms with Crippen molar-refractivity contribution in [2.24, 2.45) is 5.92 Å². The number of amides is 1. The maximum Gasteiger partial charge on any atom is 0.407 e. The molecule has 1 aliphatic heterocycles. The van der Waals surface area contributed by atoms with Crippen LogP contribution in [-0.2, 0) is 35.2 Å². The molecular formula is C28H28F5NO8. The van der Waals surface area contributed by atoms with Gasteiger partial charge in [-0.25, -0.2) is 22.8 Å². The fourth-order valence-corrected chi connectivity index (χ4v) is 4.01. The van der Waals surface area contributed by atoms with Gasteiger partial charge in [0.05, 0.1) is 0 Å². The van der Waals surface area contributed by atoms with Crippen LogP contribution in [0.4, 0.5) is 26.7 Å². The summed E-state index contributed by atoms with van der Waals surface area (Å²) in [4.78, 5) is 49.8. The lowest BCUT2D eigenvalue weighted by Crippen LogP contribution is -2.38. The smallest absolute Gasteiger partial charge is 0.407 e. The number of hydrogen-bond acceptors (Lipinski definition) is 8. The summed E-state index contributed by atoms with van der Waals surface area (Å²) >= 11 is 0. The molecule has 0 radical (unpaired) electrons. The number of esters is 3. The van der Waals surface area contributed by atoms with Gasteiger partial charge in [0.25, 0.3) is 0 Å². The first-order chi connectivity index (χ1) is 20.0. The van der Waals surface area contributed by atoms with Crippen molar-refractivity contribution in [3.05, 3.63) is 65.0 Å². The molecule has 1 fully saturated rings. The lowest BCUT2D eigenvalue weighted by atomic mass is 10.0. The third-order valence-corrected chi connectivity index (χ3v) is 6.26. The van der Waals surface area contributed by atoms with Crippen LogP contribution < -0.4 is 10.1 Å². The molecule has 3 atom stereocenters. The van der Waals surface area contributed by atoms with Crippen molar-refractivity contribution in [3.63, 3.8) is 0 Å². The Morgan fingerprint density at radius 2 is 1.62 bits per heavy atom. The maximum absolute atomic E-state index is 14.1. The average molecular weight is 602 g/mol. The summed E-state index contributed by atoms with van der Waals surface area (Å²) in [6.07, 6.45) is -1.17. The molecule has 3 rings (SSSR count). The summed E-state index contributed by atoms with van der Waals surface area (Å²) in [5.74, 6) is -19.3. The molecule has 1 heterocycles. The van der Waals surface area contributed by atoms with Gasteiger partial charge in [-0.15, -0.1) is 0 Å². The first-order valence-corrected chi connectivity index (χ1v) is 13.1. The first-order valence-electron chi connectivity index (χ1n) is 13.1. The molecule has 1 amide bonds. The second kappa shape index (κ2) is 15.1. The van der Waals surface area contributed by atoms with Gasteiger partial charge in [0.1, 0.15) is 12.7 Å². The van der Waals surface area contributed by atoms with Crippen LogP contribution in [0.5, 0.6) is 5.75 Å². The highest BCUT2D eigenvalue weighted by molar-refractivity contribution is 5.97. The van der Waals surface area contributed by atoms with E-state index in [2.05, 4.69) is 10.1 Å². The van der Waals surface area contributed by atoms with Crippen molar-refractivity contribution in [1.82, 2.24) is 5.32 Å². The number of carbonyl (C=O) groups excluding carboxylic acids is 4. The van der Waals surface area contributed by atoms with Crippen LogP contribution in [0.15, 0.2) is 30.3 Å². The van der Waals surface area contributed by atoms with E-state index < -0.39 is 89.9 Å². The minimum Gasteiger partial charge on any atom is -0.462 e. The third kappa shape index (κ3) is 8.40. The Morgan fingerprint density at radius 1 is 0.976 bits per heavy atom. The van der Waals surface area contributed by atoms with E-state index in [9.17, 15) is 41.1 Å². The summed E-state index contributed by atoms with van der Waals surface area (Å²) in [6, 6.07) is 8.59. The van der Waals surface area contributed by atoms with Crippen LogP contribution in [0.1, 0.15) is 51.0 Å². The van der Waals surface area contributed by atoms with Gasteiger partial charge in [-0.3, -0.25) is 9.59 Å². The van der Waals surface area contributed by atoms with Crippen molar-refractivity contribution in [2.75, 3.05) is 6.54 Å².